The topological polar surface area (TPSA) is 65.1 Å². The number of nitrogens with zero attached hydrogens (tertiary/aromatic N) is 1. The number of nitrogens with two attached hydrogens (primary N) is 1. The molecule has 1 unspecified atom stereocenters. The molecule has 72 valence electrons. The second-order valence-electron chi connectivity index (χ2n) is 2.78. The number of aromatic nitrogens is 1. The highest BCUT2D eigenvalue weighted by atomic mass is 32.2. The van der Waals surface area contributed by atoms with E-state index in [1.807, 2.05) is 0 Å². The lowest BCUT2D eigenvalue weighted by molar-refractivity contribution is 0.676. The van der Waals surface area contributed by atoms with E-state index in [0.717, 1.165) is 0 Å². The molecule has 5 heteroatoms. The molecule has 1 heterocycles. The van der Waals surface area contributed by atoms with Gasteiger partial charge in [-0.1, -0.05) is 0 Å². The summed E-state index contributed by atoms with van der Waals surface area (Å²) in [7, 11) is -0.818. The van der Waals surface area contributed by atoms with E-state index in [4.69, 9.17) is 5.73 Å². The van der Waals surface area contributed by atoms with Crippen LogP contribution in [0.3, 0.4) is 0 Å². The van der Waals surface area contributed by atoms with E-state index >= 15 is 0 Å². The minimum absolute atomic E-state index is 0.172. The quantitative estimate of drug-likeness (QED) is 0.735. The van der Waals surface area contributed by atoms with E-state index < -0.39 is 10.8 Å². The molecule has 0 spiro atoms. The highest BCUT2D eigenvalue weighted by Gasteiger charge is 1.96. The van der Waals surface area contributed by atoms with Crippen LogP contribution in [-0.2, 0) is 17.3 Å². The lowest BCUT2D eigenvalue weighted by Gasteiger charge is -2.04. The molecule has 0 amide bonds. The molecule has 0 bridgehead atoms. The van der Waals surface area contributed by atoms with Crippen LogP contribution in [0.5, 0.6) is 0 Å². The van der Waals surface area contributed by atoms with E-state index in [-0.39, 0.29) is 11.1 Å². The second-order valence-corrected chi connectivity index (χ2v) is 4.33. The van der Waals surface area contributed by atoms with Crippen molar-refractivity contribution in [3.8, 4) is 0 Å². The summed E-state index contributed by atoms with van der Waals surface area (Å²) >= 11 is 0. The van der Waals surface area contributed by atoms with Gasteiger partial charge in [-0.15, -0.1) is 0 Å². The molecule has 0 fully saturated rings. The Morgan fingerprint density at radius 2 is 2.31 bits per heavy atom. The fourth-order valence-corrected chi connectivity index (χ4v) is 1.39. The molecular weight excluding hydrogens is 188 g/mol. The molecule has 0 radical (unpaired) electrons. The minimum Gasteiger partial charge on any atom is -0.394 e. The van der Waals surface area contributed by atoms with Crippen molar-refractivity contribution in [1.29, 1.82) is 0 Å². The van der Waals surface area contributed by atoms with Gasteiger partial charge in [0.1, 0.15) is 0 Å². The van der Waals surface area contributed by atoms with Gasteiger partial charge < -0.3 is 10.3 Å². The fraction of sp³-hybridized carbons (Fsp3) is 0.375. The maximum Gasteiger partial charge on any atom is 0.204 e. The Balaban J connectivity index is 2.74. The average molecular weight is 200 g/mol. The predicted octanol–water partition coefficient (Wildman–Crippen LogP) is -0.191. The Labute approximate surface area is 78.8 Å². The summed E-state index contributed by atoms with van der Waals surface area (Å²) in [6.07, 6.45) is 4.85. The maximum absolute atomic E-state index is 10.9. The van der Waals surface area contributed by atoms with Crippen molar-refractivity contribution >= 4 is 16.5 Å². The van der Waals surface area contributed by atoms with Gasteiger partial charge >= 0.3 is 0 Å². The minimum atomic E-state index is -0.818. The molecule has 1 atom stereocenters. The van der Waals surface area contributed by atoms with Gasteiger partial charge in [0.05, 0.1) is 5.69 Å². The zero-order chi connectivity index (χ0) is 9.84. The van der Waals surface area contributed by atoms with Crippen LogP contribution < -0.4 is 11.2 Å². The predicted molar refractivity (Wildman–Crippen MR) is 54.0 cm³/mol. The van der Waals surface area contributed by atoms with Crippen molar-refractivity contribution in [2.75, 3.05) is 17.7 Å². The molecule has 1 rings (SSSR count). The Bertz CT molecular complexity index is 373. The van der Waals surface area contributed by atoms with Gasteiger partial charge in [-0.2, -0.15) is 0 Å². The molecule has 0 aliphatic heterocycles. The third-order valence-electron chi connectivity index (χ3n) is 1.64. The summed E-state index contributed by atoms with van der Waals surface area (Å²) in [6.45, 7) is 0.619. The largest absolute Gasteiger partial charge is 0.394 e. The molecule has 13 heavy (non-hydrogen) atoms. The van der Waals surface area contributed by atoms with Gasteiger partial charge in [0, 0.05) is 47.8 Å². The van der Waals surface area contributed by atoms with Crippen molar-refractivity contribution in [3.05, 3.63) is 28.7 Å². The van der Waals surface area contributed by atoms with E-state index in [1.54, 1.807) is 23.2 Å². The van der Waals surface area contributed by atoms with Crippen molar-refractivity contribution in [2.45, 2.75) is 6.54 Å². The van der Waals surface area contributed by atoms with Crippen LogP contribution in [0.25, 0.3) is 0 Å². The molecule has 0 aliphatic carbocycles. The summed E-state index contributed by atoms with van der Waals surface area (Å²) < 4.78 is 12.5. The molecule has 2 N–H and O–H groups in total. The van der Waals surface area contributed by atoms with Crippen LogP contribution in [0.15, 0.2) is 23.3 Å². The lowest BCUT2D eigenvalue weighted by atomic mass is 10.4. The SMILES string of the molecule is CS(=O)CCn1ccc(=O)c(N)c1. The van der Waals surface area contributed by atoms with Gasteiger partial charge in [0.15, 0.2) is 0 Å². The molecule has 0 aliphatic rings. The van der Waals surface area contributed by atoms with Crippen LogP contribution in [-0.4, -0.2) is 20.8 Å². The van der Waals surface area contributed by atoms with Crippen molar-refractivity contribution in [2.24, 2.45) is 0 Å². The fourth-order valence-electron chi connectivity index (χ4n) is 0.918. The Morgan fingerprint density at radius 1 is 1.62 bits per heavy atom. The maximum atomic E-state index is 10.9. The number of aryl methyl sites for hydroxylation is 1. The molecule has 0 saturated heterocycles. The molecule has 1 aromatic rings. The van der Waals surface area contributed by atoms with Crippen LogP contribution in [0, 0.1) is 0 Å². The zero-order valence-electron chi connectivity index (χ0n) is 7.40. The smallest absolute Gasteiger partial charge is 0.204 e. The molecular formula is C8H12N2O2S. The van der Waals surface area contributed by atoms with Crippen LogP contribution in [0.2, 0.25) is 0 Å². The van der Waals surface area contributed by atoms with E-state index in [1.165, 1.54) is 6.07 Å². The van der Waals surface area contributed by atoms with E-state index in [2.05, 4.69) is 0 Å². The Morgan fingerprint density at radius 3 is 2.85 bits per heavy atom. The van der Waals surface area contributed by atoms with Crippen LogP contribution >= 0.6 is 0 Å². The van der Waals surface area contributed by atoms with Gasteiger partial charge in [-0.05, 0) is 0 Å². The first kappa shape index (κ1) is 9.98. The highest BCUT2D eigenvalue weighted by Crippen LogP contribution is 1.93. The number of anilines is 1. The number of pyridine rings is 1. The number of hydrogen-bond donors (Lipinski definition) is 1. The Kier molecular flexibility index (Phi) is 3.25. The van der Waals surface area contributed by atoms with Crippen molar-refractivity contribution in [3.63, 3.8) is 0 Å². The van der Waals surface area contributed by atoms with Gasteiger partial charge in [-0.25, -0.2) is 0 Å². The third-order valence-corrected chi connectivity index (χ3v) is 2.40. The molecule has 1 aromatic heterocycles. The van der Waals surface area contributed by atoms with Gasteiger partial charge in [0.2, 0.25) is 5.43 Å². The Hall–Kier alpha value is -1.10. The highest BCUT2D eigenvalue weighted by molar-refractivity contribution is 7.84. The monoisotopic (exact) mass is 200 g/mol. The van der Waals surface area contributed by atoms with Crippen molar-refractivity contribution in [1.82, 2.24) is 4.57 Å². The summed E-state index contributed by atoms with van der Waals surface area (Å²) in [5.74, 6) is 0.572. The lowest BCUT2D eigenvalue weighted by Crippen LogP contribution is -2.13. The molecule has 4 nitrogen and oxygen atoms in total. The van der Waals surface area contributed by atoms with E-state index in [9.17, 15) is 9.00 Å². The zero-order valence-corrected chi connectivity index (χ0v) is 8.21. The standard InChI is InChI=1S/C8H12N2O2S/c1-13(12)5-4-10-3-2-8(11)7(9)6-10/h2-3,6H,4-5,9H2,1H3. The summed E-state index contributed by atoms with van der Waals surface area (Å²) in [5, 5.41) is 0. The van der Waals surface area contributed by atoms with Crippen molar-refractivity contribution < 1.29 is 4.21 Å². The number of nitrogen functional groups attached to an aromatic ring is 1. The summed E-state index contributed by atoms with van der Waals surface area (Å²) in [5.41, 5.74) is 5.47. The molecule has 0 aromatic carbocycles. The number of rotatable bonds is 3. The van der Waals surface area contributed by atoms with Gasteiger partial charge in [-0.3, -0.25) is 9.00 Å². The third kappa shape index (κ3) is 3.02. The van der Waals surface area contributed by atoms with Crippen LogP contribution in [0.1, 0.15) is 0 Å². The number of hydrogen-bond acceptors (Lipinski definition) is 3. The first-order chi connectivity index (χ1) is 6.09. The second kappa shape index (κ2) is 4.23. The van der Waals surface area contributed by atoms with Gasteiger partial charge in [0.25, 0.3) is 0 Å². The van der Waals surface area contributed by atoms with Crippen LogP contribution in [0.4, 0.5) is 5.69 Å². The first-order valence-electron chi connectivity index (χ1n) is 3.85. The average Bonchev–Trinajstić information content (AvgIpc) is 2.07. The summed E-state index contributed by atoms with van der Waals surface area (Å²) in [4.78, 5) is 10.9. The first-order valence-corrected chi connectivity index (χ1v) is 5.58. The molecule has 0 saturated carbocycles. The normalized spacial score (nSPS) is 12.7. The summed E-state index contributed by atoms with van der Waals surface area (Å²) in [6, 6.07) is 1.41. The van der Waals surface area contributed by atoms with E-state index in [0.29, 0.717) is 12.3 Å².